The number of piperazine rings is 1. The first-order valence-corrected chi connectivity index (χ1v) is 7.99. The second-order valence-electron chi connectivity index (χ2n) is 4.96. The van der Waals surface area contributed by atoms with Gasteiger partial charge in [0.25, 0.3) is 0 Å². The molecule has 2 aliphatic rings. The molecule has 5 nitrogen and oxygen atoms in total. The molecule has 1 aliphatic carbocycles. The zero-order chi connectivity index (χ0) is 13.3. The summed E-state index contributed by atoms with van der Waals surface area (Å²) < 4.78 is 11.4. The van der Waals surface area contributed by atoms with Crippen LogP contribution in [0.3, 0.4) is 0 Å². The van der Waals surface area contributed by atoms with Crippen molar-refractivity contribution in [1.82, 2.24) is 10.2 Å². The average molecular weight is 272 g/mol. The standard InChI is InChI=1S/C12H20N2O3S/c1-3-18(17)7-6-14-8(2)11(15)13-10(12(14)16)9-4-5-9/h8-10H,3-7H2,1-2H3,(H,13,15). The van der Waals surface area contributed by atoms with Gasteiger partial charge in [0.05, 0.1) is 0 Å². The van der Waals surface area contributed by atoms with Crippen LogP contribution in [0, 0.1) is 5.92 Å². The minimum absolute atomic E-state index is 0.00213. The Kier molecular flexibility index (Phi) is 4.04. The van der Waals surface area contributed by atoms with Crippen LogP contribution in [0.2, 0.25) is 0 Å². The molecule has 1 saturated carbocycles. The number of carbonyl (C=O) groups is 2. The molecule has 2 amide bonds. The smallest absolute Gasteiger partial charge is 0.246 e. The first kappa shape index (κ1) is 13.5. The summed E-state index contributed by atoms with van der Waals surface area (Å²) in [6, 6.07) is -0.787. The summed E-state index contributed by atoms with van der Waals surface area (Å²) in [6.07, 6.45) is 2.03. The van der Waals surface area contributed by atoms with Gasteiger partial charge in [0.1, 0.15) is 12.1 Å². The molecule has 3 atom stereocenters. The number of hydrogen-bond donors (Lipinski definition) is 1. The van der Waals surface area contributed by atoms with Crippen molar-refractivity contribution in [1.29, 1.82) is 0 Å². The van der Waals surface area contributed by atoms with Gasteiger partial charge in [0.2, 0.25) is 11.8 Å². The maximum absolute atomic E-state index is 12.3. The van der Waals surface area contributed by atoms with E-state index in [0.717, 1.165) is 12.8 Å². The van der Waals surface area contributed by atoms with Gasteiger partial charge in [-0.3, -0.25) is 13.8 Å². The van der Waals surface area contributed by atoms with Crippen molar-refractivity contribution in [3.05, 3.63) is 0 Å². The molecule has 3 unspecified atom stereocenters. The molecule has 0 radical (unpaired) electrons. The lowest BCUT2D eigenvalue weighted by atomic mass is 10.0. The maximum Gasteiger partial charge on any atom is 0.246 e. The van der Waals surface area contributed by atoms with Crippen LogP contribution in [-0.2, 0) is 20.4 Å². The molecule has 1 saturated heterocycles. The van der Waals surface area contributed by atoms with Gasteiger partial charge < -0.3 is 10.2 Å². The van der Waals surface area contributed by atoms with E-state index in [1.807, 2.05) is 6.92 Å². The van der Waals surface area contributed by atoms with Gasteiger partial charge >= 0.3 is 0 Å². The molecule has 18 heavy (non-hydrogen) atoms. The lowest BCUT2D eigenvalue weighted by molar-refractivity contribution is -0.148. The lowest BCUT2D eigenvalue weighted by Gasteiger charge is -2.37. The molecule has 102 valence electrons. The number of amides is 2. The van der Waals surface area contributed by atoms with Crippen molar-refractivity contribution in [3.63, 3.8) is 0 Å². The van der Waals surface area contributed by atoms with Crippen LogP contribution in [0.25, 0.3) is 0 Å². The van der Waals surface area contributed by atoms with Gasteiger partial charge in [-0.05, 0) is 25.7 Å². The molecule has 1 heterocycles. The van der Waals surface area contributed by atoms with Crippen LogP contribution in [-0.4, -0.2) is 51.1 Å². The van der Waals surface area contributed by atoms with E-state index in [4.69, 9.17) is 0 Å². The van der Waals surface area contributed by atoms with E-state index in [1.54, 1.807) is 11.8 Å². The summed E-state index contributed by atoms with van der Waals surface area (Å²) in [5.74, 6) is 1.27. The van der Waals surface area contributed by atoms with Gasteiger partial charge in [0.15, 0.2) is 0 Å². The van der Waals surface area contributed by atoms with Crippen LogP contribution in [0.1, 0.15) is 26.7 Å². The molecule has 0 aromatic heterocycles. The van der Waals surface area contributed by atoms with Crippen LogP contribution in [0.5, 0.6) is 0 Å². The second-order valence-corrected chi connectivity index (χ2v) is 6.83. The molecule has 0 bridgehead atoms. The molecule has 1 aliphatic heterocycles. The monoisotopic (exact) mass is 272 g/mol. The fourth-order valence-corrected chi connectivity index (χ4v) is 2.93. The van der Waals surface area contributed by atoms with Crippen molar-refractivity contribution in [2.75, 3.05) is 18.1 Å². The molecule has 2 rings (SSSR count). The summed E-state index contributed by atoms with van der Waals surface area (Å²) in [6.45, 7) is 4.00. The van der Waals surface area contributed by atoms with E-state index in [0.29, 0.717) is 24.0 Å². The van der Waals surface area contributed by atoms with E-state index in [1.165, 1.54) is 0 Å². The molecule has 0 aromatic carbocycles. The Morgan fingerprint density at radius 1 is 1.39 bits per heavy atom. The van der Waals surface area contributed by atoms with Crippen molar-refractivity contribution in [2.45, 2.75) is 38.8 Å². The molecule has 6 heteroatoms. The molecular weight excluding hydrogens is 252 g/mol. The normalized spacial score (nSPS) is 30.2. The van der Waals surface area contributed by atoms with Crippen LogP contribution < -0.4 is 5.32 Å². The Morgan fingerprint density at radius 3 is 2.61 bits per heavy atom. The van der Waals surface area contributed by atoms with Crippen molar-refractivity contribution >= 4 is 22.6 Å². The van der Waals surface area contributed by atoms with Gasteiger partial charge in [-0.2, -0.15) is 0 Å². The molecule has 0 aromatic rings. The molecule has 2 fully saturated rings. The second kappa shape index (κ2) is 5.38. The number of hydrogen-bond acceptors (Lipinski definition) is 3. The van der Waals surface area contributed by atoms with E-state index >= 15 is 0 Å². The van der Waals surface area contributed by atoms with Crippen molar-refractivity contribution in [3.8, 4) is 0 Å². The average Bonchev–Trinajstić information content (AvgIpc) is 3.17. The predicted molar refractivity (Wildman–Crippen MR) is 69.4 cm³/mol. The Balaban J connectivity index is 2.02. The van der Waals surface area contributed by atoms with E-state index < -0.39 is 16.8 Å². The fraction of sp³-hybridized carbons (Fsp3) is 0.833. The predicted octanol–water partition coefficient (Wildman–Crippen LogP) is -0.119. The van der Waals surface area contributed by atoms with E-state index in [-0.39, 0.29) is 17.9 Å². The summed E-state index contributed by atoms with van der Waals surface area (Å²) in [5.41, 5.74) is 0. The summed E-state index contributed by atoms with van der Waals surface area (Å²) in [4.78, 5) is 25.7. The zero-order valence-corrected chi connectivity index (χ0v) is 11.7. The Bertz CT molecular complexity index is 382. The Hall–Kier alpha value is -0.910. The maximum atomic E-state index is 12.3. The lowest BCUT2D eigenvalue weighted by Crippen LogP contribution is -2.63. The topological polar surface area (TPSA) is 66.5 Å². The Morgan fingerprint density at radius 2 is 2.06 bits per heavy atom. The number of nitrogens with one attached hydrogen (secondary N) is 1. The van der Waals surface area contributed by atoms with Gasteiger partial charge in [-0.15, -0.1) is 0 Å². The minimum Gasteiger partial charge on any atom is -0.342 e. The summed E-state index contributed by atoms with van der Waals surface area (Å²) >= 11 is 0. The minimum atomic E-state index is -0.902. The van der Waals surface area contributed by atoms with Crippen molar-refractivity contribution < 1.29 is 13.8 Å². The number of rotatable bonds is 5. The summed E-state index contributed by atoms with van der Waals surface area (Å²) in [7, 11) is -0.902. The van der Waals surface area contributed by atoms with Crippen LogP contribution in [0.15, 0.2) is 0 Å². The van der Waals surface area contributed by atoms with Gasteiger partial charge in [-0.25, -0.2) is 0 Å². The first-order chi connectivity index (χ1) is 8.54. The molecule has 1 N–H and O–H groups in total. The van der Waals surface area contributed by atoms with Gasteiger partial charge in [-0.1, -0.05) is 6.92 Å². The highest BCUT2D eigenvalue weighted by molar-refractivity contribution is 7.84. The number of carbonyl (C=O) groups excluding carboxylic acids is 2. The van der Waals surface area contributed by atoms with Crippen LogP contribution in [0.4, 0.5) is 0 Å². The van der Waals surface area contributed by atoms with Gasteiger partial charge in [0, 0.05) is 28.9 Å². The number of nitrogens with zero attached hydrogens (tertiary/aromatic N) is 1. The third-order valence-electron chi connectivity index (χ3n) is 3.67. The third kappa shape index (κ3) is 2.74. The molecule has 0 spiro atoms. The SMILES string of the molecule is CCS(=O)CCN1C(=O)C(C2CC2)NC(=O)C1C. The third-order valence-corrected chi connectivity index (χ3v) is 4.95. The Labute approximate surface area is 110 Å². The fourth-order valence-electron chi connectivity index (χ4n) is 2.24. The largest absolute Gasteiger partial charge is 0.342 e. The highest BCUT2D eigenvalue weighted by Gasteiger charge is 2.45. The van der Waals surface area contributed by atoms with Crippen LogP contribution >= 0.6 is 0 Å². The first-order valence-electron chi connectivity index (χ1n) is 6.50. The quantitative estimate of drug-likeness (QED) is 0.759. The van der Waals surface area contributed by atoms with Crippen molar-refractivity contribution in [2.24, 2.45) is 5.92 Å². The summed E-state index contributed by atoms with van der Waals surface area (Å²) in [5, 5.41) is 2.80. The highest BCUT2D eigenvalue weighted by atomic mass is 32.2. The van der Waals surface area contributed by atoms with E-state index in [9.17, 15) is 13.8 Å². The zero-order valence-electron chi connectivity index (χ0n) is 10.8. The highest BCUT2D eigenvalue weighted by Crippen LogP contribution is 2.34. The van der Waals surface area contributed by atoms with E-state index in [2.05, 4.69) is 5.32 Å². The molecular formula is C12H20N2O3S.